The number of nitrogens with one attached hydrogen (secondary N) is 1. The Morgan fingerprint density at radius 3 is 2.85 bits per heavy atom. The number of benzene rings is 1. The standard InChI is InChI=1S/C13H14Cl2N2O3/c14-9-1-2-10(15)11(6-9)16-13(20)17-4-3-8(7-17)5-12(18)19/h1-2,6,8H,3-5,7H2,(H,16,20)(H,18,19). The maximum atomic E-state index is 12.1. The second-order valence-electron chi connectivity index (χ2n) is 4.75. The van der Waals surface area contributed by atoms with Crippen LogP contribution in [0.3, 0.4) is 0 Å². The number of urea groups is 1. The van der Waals surface area contributed by atoms with Crippen LogP contribution in [-0.4, -0.2) is 35.1 Å². The Hall–Kier alpha value is -1.46. The van der Waals surface area contributed by atoms with E-state index in [9.17, 15) is 9.59 Å². The summed E-state index contributed by atoms with van der Waals surface area (Å²) in [5.41, 5.74) is 0.450. The topological polar surface area (TPSA) is 69.6 Å². The Balaban J connectivity index is 1.96. The van der Waals surface area contributed by atoms with Gasteiger partial charge >= 0.3 is 12.0 Å². The monoisotopic (exact) mass is 316 g/mol. The van der Waals surface area contributed by atoms with Gasteiger partial charge in [-0.2, -0.15) is 0 Å². The Kier molecular flexibility index (Phi) is 4.73. The highest BCUT2D eigenvalue weighted by molar-refractivity contribution is 6.35. The van der Waals surface area contributed by atoms with Crippen LogP contribution in [0.25, 0.3) is 0 Å². The number of carboxylic acids is 1. The van der Waals surface area contributed by atoms with Crippen LogP contribution in [0.1, 0.15) is 12.8 Å². The van der Waals surface area contributed by atoms with Crippen LogP contribution in [0.4, 0.5) is 10.5 Å². The van der Waals surface area contributed by atoms with E-state index < -0.39 is 5.97 Å². The van der Waals surface area contributed by atoms with E-state index in [0.29, 0.717) is 35.2 Å². The van der Waals surface area contributed by atoms with Crippen molar-refractivity contribution in [3.8, 4) is 0 Å². The van der Waals surface area contributed by atoms with Gasteiger partial charge in [0.15, 0.2) is 0 Å². The molecule has 1 atom stereocenters. The summed E-state index contributed by atoms with van der Waals surface area (Å²) in [4.78, 5) is 24.3. The lowest BCUT2D eigenvalue weighted by Gasteiger charge is -2.17. The van der Waals surface area contributed by atoms with Gasteiger partial charge < -0.3 is 15.3 Å². The van der Waals surface area contributed by atoms with Crippen LogP contribution < -0.4 is 5.32 Å². The van der Waals surface area contributed by atoms with Crippen molar-refractivity contribution < 1.29 is 14.7 Å². The normalized spacial score (nSPS) is 18.1. The van der Waals surface area contributed by atoms with Crippen LogP contribution in [0.5, 0.6) is 0 Å². The van der Waals surface area contributed by atoms with Crippen LogP contribution in [-0.2, 0) is 4.79 Å². The van der Waals surface area contributed by atoms with Crippen molar-refractivity contribution in [2.45, 2.75) is 12.8 Å². The van der Waals surface area contributed by atoms with Gasteiger partial charge in [0.1, 0.15) is 0 Å². The van der Waals surface area contributed by atoms with Crippen molar-refractivity contribution in [3.63, 3.8) is 0 Å². The summed E-state index contributed by atoms with van der Waals surface area (Å²) >= 11 is 11.8. The minimum atomic E-state index is -0.838. The molecule has 20 heavy (non-hydrogen) atoms. The molecule has 1 heterocycles. The molecule has 1 fully saturated rings. The summed E-state index contributed by atoms with van der Waals surface area (Å²) in [6.07, 6.45) is 0.782. The van der Waals surface area contributed by atoms with Crippen LogP contribution >= 0.6 is 23.2 Å². The van der Waals surface area contributed by atoms with Crippen molar-refractivity contribution in [2.24, 2.45) is 5.92 Å². The lowest BCUT2D eigenvalue weighted by molar-refractivity contribution is -0.138. The maximum absolute atomic E-state index is 12.1. The molecule has 1 aromatic rings. The van der Waals surface area contributed by atoms with Gasteiger partial charge in [-0.3, -0.25) is 4.79 Å². The van der Waals surface area contributed by atoms with Crippen molar-refractivity contribution in [2.75, 3.05) is 18.4 Å². The highest BCUT2D eigenvalue weighted by Crippen LogP contribution is 2.27. The number of carboxylic acid groups (broad SMARTS) is 1. The lowest BCUT2D eigenvalue weighted by atomic mass is 10.1. The molecule has 1 aliphatic rings. The molecule has 2 amide bonds. The fourth-order valence-electron chi connectivity index (χ4n) is 2.22. The first-order valence-electron chi connectivity index (χ1n) is 6.18. The van der Waals surface area contributed by atoms with Crippen molar-refractivity contribution in [1.29, 1.82) is 0 Å². The van der Waals surface area contributed by atoms with Gasteiger partial charge in [0.05, 0.1) is 10.7 Å². The van der Waals surface area contributed by atoms with Gasteiger partial charge in [0, 0.05) is 24.5 Å². The molecule has 108 valence electrons. The maximum Gasteiger partial charge on any atom is 0.321 e. The lowest BCUT2D eigenvalue weighted by Crippen LogP contribution is -2.33. The first-order valence-corrected chi connectivity index (χ1v) is 6.94. The number of amides is 2. The van der Waals surface area contributed by atoms with Gasteiger partial charge in [-0.25, -0.2) is 4.79 Å². The number of halogens is 2. The number of hydrogen-bond acceptors (Lipinski definition) is 2. The first kappa shape index (κ1) is 14.9. The zero-order valence-corrected chi connectivity index (χ0v) is 12.1. The van der Waals surface area contributed by atoms with Gasteiger partial charge in [-0.1, -0.05) is 23.2 Å². The predicted molar refractivity (Wildman–Crippen MR) is 77.4 cm³/mol. The summed E-state index contributed by atoms with van der Waals surface area (Å²) in [6.45, 7) is 0.984. The van der Waals surface area contributed by atoms with Crippen molar-refractivity contribution in [3.05, 3.63) is 28.2 Å². The van der Waals surface area contributed by atoms with E-state index >= 15 is 0 Å². The van der Waals surface area contributed by atoms with Gasteiger partial charge in [-0.15, -0.1) is 0 Å². The molecule has 0 aromatic heterocycles. The molecule has 0 radical (unpaired) electrons. The predicted octanol–water partition coefficient (Wildman–Crippen LogP) is 3.32. The van der Waals surface area contributed by atoms with Crippen molar-refractivity contribution >= 4 is 40.9 Å². The van der Waals surface area contributed by atoms with E-state index in [4.69, 9.17) is 28.3 Å². The Morgan fingerprint density at radius 1 is 1.40 bits per heavy atom. The average Bonchev–Trinajstić information content (AvgIpc) is 2.81. The Morgan fingerprint density at radius 2 is 2.15 bits per heavy atom. The minimum Gasteiger partial charge on any atom is -0.481 e. The third-order valence-electron chi connectivity index (χ3n) is 3.21. The molecule has 1 aliphatic heterocycles. The van der Waals surface area contributed by atoms with Crippen molar-refractivity contribution in [1.82, 2.24) is 4.90 Å². The number of rotatable bonds is 3. The summed E-state index contributed by atoms with van der Waals surface area (Å²) in [7, 11) is 0. The fraction of sp³-hybridized carbons (Fsp3) is 0.385. The first-order chi connectivity index (χ1) is 9.45. The van der Waals surface area contributed by atoms with E-state index in [1.807, 2.05) is 0 Å². The molecular formula is C13H14Cl2N2O3. The van der Waals surface area contributed by atoms with Crippen LogP contribution in [0, 0.1) is 5.92 Å². The quantitative estimate of drug-likeness (QED) is 0.898. The van der Waals surface area contributed by atoms with Gasteiger partial charge in [0.25, 0.3) is 0 Å². The van der Waals surface area contributed by atoms with Crippen LogP contribution in [0.2, 0.25) is 10.0 Å². The smallest absolute Gasteiger partial charge is 0.321 e. The molecule has 7 heteroatoms. The average molecular weight is 317 g/mol. The number of aliphatic carboxylic acids is 1. The van der Waals surface area contributed by atoms with E-state index in [-0.39, 0.29) is 18.4 Å². The molecule has 1 unspecified atom stereocenters. The fourth-order valence-corrected chi connectivity index (χ4v) is 2.56. The largest absolute Gasteiger partial charge is 0.481 e. The summed E-state index contributed by atoms with van der Waals surface area (Å²) in [5.74, 6) is -0.830. The second-order valence-corrected chi connectivity index (χ2v) is 5.60. The number of nitrogens with zero attached hydrogens (tertiary/aromatic N) is 1. The molecule has 1 aromatic carbocycles. The summed E-state index contributed by atoms with van der Waals surface area (Å²) in [6, 6.07) is 4.53. The number of carbonyl (C=O) groups excluding carboxylic acids is 1. The molecule has 0 aliphatic carbocycles. The van der Waals surface area contributed by atoms with Crippen LogP contribution in [0.15, 0.2) is 18.2 Å². The second kappa shape index (κ2) is 6.33. The number of hydrogen-bond donors (Lipinski definition) is 2. The SMILES string of the molecule is O=C(O)CC1CCN(C(=O)Nc2cc(Cl)ccc2Cl)C1. The molecule has 5 nitrogen and oxygen atoms in total. The van der Waals surface area contributed by atoms with E-state index in [0.717, 1.165) is 0 Å². The molecule has 0 saturated carbocycles. The zero-order chi connectivity index (χ0) is 14.7. The number of carbonyl (C=O) groups is 2. The van der Waals surface area contributed by atoms with E-state index in [1.54, 1.807) is 23.1 Å². The third kappa shape index (κ3) is 3.77. The Bertz CT molecular complexity index is 536. The summed E-state index contributed by atoms with van der Waals surface area (Å²) < 4.78 is 0. The molecule has 0 bridgehead atoms. The van der Waals surface area contributed by atoms with Gasteiger partial charge in [-0.05, 0) is 30.5 Å². The van der Waals surface area contributed by atoms with E-state index in [2.05, 4.69) is 5.32 Å². The third-order valence-corrected chi connectivity index (χ3v) is 3.77. The molecule has 0 spiro atoms. The number of likely N-dealkylation sites (tertiary alicyclic amines) is 1. The summed E-state index contributed by atoms with van der Waals surface area (Å²) in [5, 5.41) is 12.3. The zero-order valence-electron chi connectivity index (χ0n) is 10.6. The highest BCUT2D eigenvalue weighted by atomic mass is 35.5. The molecule has 2 N–H and O–H groups in total. The van der Waals surface area contributed by atoms with E-state index in [1.165, 1.54) is 0 Å². The van der Waals surface area contributed by atoms with Gasteiger partial charge in [0.2, 0.25) is 0 Å². The molecular weight excluding hydrogens is 303 g/mol. The highest BCUT2D eigenvalue weighted by Gasteiger charge is 2.28. The number of anilines is 1. The molecule has 1 saturated heterocycles. The minimum absolute atomic E-state index is 0.00748. The molecule has 2 rings (SSSR count). The Labute approximate surface area is 126 Å².